The lowest BCUT2D eigenvalue weighted by Crippen LogP contribution is -1.96. The molecule has 0 radical (unpaired) electrons. The van der Waals surface area contributed by atoms with Crippen LogP contribution in [0.2, 0.25) is 0 Å². The van der Waals surface area contributed by atoms with E-state index in [1.807, 2.05) is 18.2 Å². The molecule has 0 saturated carbocycles. The third kappa shape index (κ3) is 3.22. The molecule has 0 aliphatic heterocycles. The quantitative estimate of drug-likeness (QED) is 0.916. The molecule has 5 heteroatoms. The summed E-state index contributed by atoms with van der Waals surface area (Å²) in [5, 5.41) is 12.4. The largest absolute Gasteiger partial charge is 0.497 e. The number of nitrogens with one attached hydrogen (secondary N) is 1. The van der Waals surface area contributed by atoms with Crippen LogP contribution in [0.4, 0.5) is 11.4 Å². The zero-order chi connectivity index (χ0) is 14.5. The van der Waals surface area contributed by atoms with Gasteiger partial charge < -0.3 is 14.8 Å². The highest BCUT2D eigenvalue weighted by atomic mass is 79.9. The Hall–Kier alpha value is -2.19. The van der Waals surface area contributed by atoms with Gasteiger partial charge in [-0.2, -0.15) is 5.26 Å². The van der Waals surface area contributed by atoms with E-state index < -0.39 is 0 Å². The molecule has 20 heavy (non-hydrogen) atoms. The van der Waals surface area contributed by atoms with Crippen LogP contribution in [0, 0.1) is 11.3 Å². The number of hydrogen-bond acceptors (Lipinski definition) is 4. The lowest BCUT2D eigenvalue weighted by molar-refractivity contribution is 0.414. The first-order chi connectivity index (χ1) is 9.66. The summed E-state index contributed by atoms with van der Waals surface area (Å²) in [6.07, 6.45) is 0. The van der Waals surface area contributed by atoms with Crippen molar-refractivity contribution in [3.8, 4) is 17.6 Å². The summed E-state index contributed by atoms with van der Waals surface area (Å²) in [6, 6.07) is 13.0. The Bertz CT molecular complexity index is 665. The summed E-state index contributed by atoms with van der Waals surface area (Å²) >= 11 is 3.42. The molecule has 0 bridgehead atoms. The number of methoxy groups -OCH3 is 2. The number of rotatable bonds is 4. The molecule has 2 rings (SSSR count). The molecule has 0 unspecified atom stereocenters. The van der Waals surface area contributed by atoms with Gasteiger partial charge in [0.2, 0.25) is 0 Å². The molecule has 0 aliphatic rings. The highest BCUT2D eigenvalue weighted by Crippen LogP contribution is 2.29. The van der Waals surface area contributed by atoms with Gasteiger partial charge in [0.15, 0.2) is 0 Å². The SMILES string of the molecule is COc1cc(Br)cc(Nc2cc(OC)ccc2C#N)c1. The Morgan fingerprint density at radius 2 is 1.80 bits per heavy atom. The Labute approximate surface area is 126 Å². The van der Waals surface area contributed by atoms with E-state index in [2.05, 4.69) is 27.3 Å². The van der Waals surface area contributed by atoms with E-state index in [1.165, 1.54) is 0 Å². The first kappa shape index (κ1) is 14.2. The number of ether oxygens (including phenoxy) is 2. The highest BCUT2D eigenvalue weighted by molar-refractivity contribution is 9.10. The summed E-state index contributed by atoms with van der Waals surface area (Å²) in [7, 11) is 3.20. The molecule has 0 atom stereocenters. The molecule has 0 saturated heterocycles. The van der Waals surface area contributed by atoms with E-state index in [1.54, 1.807) is 32.4 Å². The first-order valence-corrected chi connectivity index (χ1v) is 6.65. The van der Waals surface area contributed by atoms with Crippen LogP contribution in [-0.2, 0) is 0 Å². The van der Waals surface area contributed by atoms with E-state index >= 15 is 0 Å². The monoisotopic (exact) mass is 332 g/mol. The second kappa shape index (κ2) is 6.31. The number of halogens is 1. The Kier molecular flexibility index (Phi) is 4.49. The van der Waals surface area contributed by atoms with E-state index in [9.17, 15) is 0 Å². The fraction of sp³-hybridized carbons (Fsp3) is 0.133. The highest BCUT2D eigenvalue weighted by Gasteiger charge is 2.06. The zero-order valence-electron chi connectivity index (χ0n) is 11.1. The van der Waals surface area contributed by atoms with Crippen LogP contribution in [0.1, 0.15) is 5.56 Å². The lowest BCUT2D eigenvalue weighted by Gasteiger charge is -2.11. The fourth-order valence-electron chi connectivity index (χ4n) is 1.76. The normalized spacial score (nSPS) is 9.70. The minimum atomic E-state index is 0.546. The molecular formula is C15H13BrN2O2. The number of benzene rings is 2. The summed E-state index contributed by atoms with van der Waals surface area (Å²) in [5.74, 6) is 1.41. The molecule has 4 nitrogen and oxygen atoms in total. The van der Waals surface area contributed by atoms with E-state index in [-0.39, 0.29) is 0 Å². The average molecular weight is 333 g/mol. The maximum atomic E-state index is 9.15. The number of anilines is 2. The molecule has 2 aromatic rings. The Morgan fingerprint density at radius 1 is 1.05 bits per heavy atom. The summed E-state index contributed by atoms with van der Waals surface area (Å²) in [4.78, 5) is 0. The van der Waals surface area contributed by atoms with Crippen molar-refractivity contribution in [3.63, 3.8) is 0 Å². The zero-order valence-corrected chi connectivity index (χ0v) is 12.7. The van der Waals surface area contributed by atoms with Crippen LogP contribution in [-0.4, -0.2) is 14.2 Å². The van der Waals surface area contributed by atoms with Crippen molar-refractivity contribution in [1.29, 1.82) is 5.26 Å². The number of nitrogens with zero attached hydrogens (tertiary/aromatic N) is 1. The van der Waals surface area contributed by atoms with Crippen molar-refractivity contribution in [2.45, 2.75) is 0 Å². The van der Waals surface area contributed by atoms with Crippen LogP contribution >= 0.6 is 15.9 Å². The molecule has 1 N–H and O–H groups in total. The van der Waals surface area contributed by atoms with Gasteiger partial charge in [0, 0.05) is 22.3 Å². The van der Waals surface area contributed by atoms with Crippen LogP contribution < -0.4 is 14.8 Å². The molecular weight excluding hydrogens is 320 g/mol. The van der Waals surface area contributed by atoms with E-state index in [4.69, 9.17) is 14.7 Å². The average Bonchev–Trinajstić information content (AvgIpc) is 2.46. The topological polar surface area (TPSA) is 54.3 Å². The first-order valence-electron chi connectivity index (χ1n) is 5.86. The standard InChI is InChI=1S/C15H13BrN2O2/c1-19-13-4-3-10(9-17)15(8-13)18-12-5-11(16)6-14(7-12)20-2/h3-8,18H,1-2H3. The van der Waals surface area contributed by atoms with Gasteiger partial charge in [-0.3, -0.25) is 0 Å². The van der Waals surface area contributed by atoms with Crippen molar-refractivity contribution in [3.05, 3.63) is 46.4 Å². The molecule has 0 amide bonds. The summed E-state index contributed by atoms with van der Waals surface area (Å²) in [5.41, 5.74) is 2.05. The molecule has 0 spiro atoms. The molecule has 102 valence electrons. The predicted octanol–water partition coefficient (Wildman–Crippen LogP) is 4.08. The third-order valence-corrected chi connectivity index (χ3v) is 3.19. The number of nitriles is 1. The maximum absolute atomic E-state index is 9.15. The van der Waals surface area contributed by atoms with Crippen molar-refractivity contribution < 1.29 is 9.47 Å². The van der Waals surface area contributed by atoms with Gasteiger partial charge in [0.25, 0.3) is 0 Å². The summed E-state index contributed by atoms with van der Waals surface area (Å²) < 4.78 is 11.3. The van der Waals surface area contributed by atoms with Crippen LogP contribution in [0.25, 0.3) is 0 Å². The van der Waals surface area contributed by atoms with Crippen molar-refractivity contribution >= 4 is 27.3 Å². The smallest absolute Gasteiger partial charge is 0.122 e. The van der Waals surface area contributed by atoms with Crippen molar-refractivity contribution in [2.24, 2.45) is 0 Å². The predicted molar refractivity (Wildman–Crippen MR) is 81.7 cm³/mol. The molecule has 0 fully saturated rings. The fourth-order valence-corrected chi connectivity index (χ4v) is 2.23. The molecule has 2 aromatic carbocycles. The molecule has 0 aromatic heterocycles. The van der Waals surface area contributed by atoms with Gasteiger partial charge in [-0.15, -0.1) is 0 Å². The minimum Gasteiger partial charge on any atom is -0.497 e. The van der Waals surface area contributed by atoms with Gasteiger partial charge in [0.1, 0.15) is 17.6 Å². The van der Waals surface area contributed by atoms with Gasteiger partial charge in [-0.25, -0.2) is 0 Å². The van der Waals surface area contributed by atoms with Gasteiger partial charge >= 0.3 is 0 Å². The third-order valence-electron chi connectivity index (χ3n) is 2.73. The maximum Gasteiger partial charge on any atom is 0.122 e. The molecule has 0 heterocycles. The Morgan fingerprint density at radius 3 is 2.45 bits per heavy atom. The number of hydrogen-bond donors (Lipinski definition) is 1. The van der Waals surface area contributed by atoms with Gasteiger partial charge in [-0.1, -0.05) is 15.9 Å². The summed E-state index contributed by atoms with van der Waals surface area (Å²) in [6.45, 7) is 0. The van der Waals surface area contributed by atoms with Crippen LogP contribution in [0.5, 0.6) is 11.5 Å². The minimum absolute atomic E-state index is 0.546. The van der Waals surface area contributed by atoms with Crippen LogP contribution in [0.15, 0.2) is 40.9 Å². The van der Waals surface area contributed by atoms with Crippen molar-refractivity contribution in [2.75, 3.05) is 19.5 Å². The van der Waals surface area contributed by atoms with Gasteiger partial charge in [-0.05, 0) is 24.3 Å². The van der Waals surface area contributed by atoms with E-state index in [0.717, 1.165) is 15.9 Å². The lowest BCUT2D eigenvalue weighted by atomic mass is 10.1. The Balaban J connectivity index is 2.38. The van der Waals surface area contributed by atoms with Crippen LogP contribution in [0.3, 0.4) is 0 Å². The van der Waals surface area contributed by atoms with E-state index in [0.29, 0.717) is 17.0 Å². The second-order valence-electron chi connectivity index (χ2n) is 4.03. The molecule has 0 aliphatic carbocycles. The second-order valence-corrected chi connectivity index (χ2v) is 4.94. The van der Waals surface area contributed by atoms with Gasteiger partial charge in [0.05, 0.1) is 25.5 Å². The van der Waals surface area contributed by atoms with Crippen molar-refractivity contribution in [1.82, 2.24) is 0 Å².